The first-order chi connectivity index (χ1) is 8.88. The summed E-state index contributed by atoms with van der Waals surface area (Å²) in [5.41, 5.74) is 0.350. The summed E-state index contributed by atoms with van der Waals surface area (Å²) in [4.78, 5) is 20.1. The second kappa shape index (κ2) is 12.9. The summed E-state index contributed by atoms with van der Waals surface area (Å²) in [5, 5.41) is 16.5. The van der Waals surface area contributed by atoms with E-state index >= 15 is 0 Å². The van der Waals surface area contributed by atoms with Crippen molar-refractivity contribution in [2.45, 2.75) is 52.4 Å². The van der Waals surface area contributed by atoms with Gasteiger partial charge in [0.2, 0.25) is 0 Å². The molecule has 1 atom stereocenters. The molecule has 0 aromatic heterocycles. The zero-order valence-corrected chi connectivity index (χ0v) is 12.0. The molecule has 0 saturated heterocycles. The number of unbranched alkanes of at least 4 members (excludes halogenated alkanes) is 1. The number of hydrogen-bond acceptors (Lipinski definition) is 2. The number of carboxylic acid groups (broad SMARTS) is 2. The van der Waals surface area contributed by atoms with Crippen LogP contribution >= 0.6 is 0 Å². The van der Waals surface area contributed by atoms with Crippen LogP contribution in [0, 0.1) is 5.92 Å². The van der Waals surface area contributed by atoms with E-state index in [0.29, 0.717) is 17.9 Å². The summed E-state index contributed by atoms with van der Waals surface area (Å²) in [7, 11) is 0. The van der Waals surface area contributed by atoms with Gasteiger partial charge in [0.1, 0.15) is 0 Å². The largest absolute Gasteiger partial charge is 0.481 e. The van der Waals surface area contributed by atoms with Crippen LogP contribution in [-0.4, -0.2) is 22.2 Å². The van der Waals surface area contributed by atoms with Crippen LogP contribution in [-0.2, 0) is 9.59 Å². The van der Waals surface area contributed by atoms with Crippen LogP contribution in [0.3, 0.4) is 0 Å². The van der Waals surface area contributed by atoms with Gasteiger partial charge < -0.3 is 10.2 Å². The smallest absolute Gasteiger partial charge is 0.330 e. The summed E-state index contributed by atoms with van der Waals surface area (Å²) in [5.74, 6) is -1.18. The third-order valence-corrected chi connectivity index (χ3v) is 2.70. The van der Waals surface area contributed by atoms with Crippen molar-refractivity contribution in [1.82, 2.24) is 0 Å². The Labute approximate surface area is 115 Å². The minimum atomic E-state index is -0.852. The summed E-state index contributed by atoms with van der Waals surface area (Å²) in [6.07, 6.45) is 6.58. The van der Waals surface area contributed by atoms with Crippen molar-refractivity contribution in [3.8, 4) is 0 Å². The van der Waals surface area contributed by atoms with Gasteiger partial charge in [-0.2, -0.15) is 0 Å². The molecular weight excluding hydrogens is 244 g/mol. The summed E-state index contributed by atoms with van der Waals surface area (Å²) in [6, 6.07) is 0. The van der Waals surface area contributed by atoms with Gasteiger partial charge in [-0.1, -0.05) is 52.2 Å². The molecule has 0 heterocycles. The summed E-state index contributed by atoms with van der Waals surface area (Å²) < 4.78 is 0. The molecule has 19 heavy (non-hydrogen) atoms. The maximum absolute atomic E-state index is 10.5. The lowest BCUT2D eigenvalue weighted by Gasteiger charge is -2.13. The fourth-order valence-electron chi connectivity index (χ4n) is 1.50. The molecule has 0 radical (unpaired) electrons. The van der Waals surface area contributed by atoms with Crippen LogP contribution in [0.1, 0.15) is 52.4 Å². The van der Waals surface area contributed by atoms with E-state index in [1.54, 1.807) is 0 Å². The molecule has 0 aliphatic rings. The van der Waals surface area contributed by atoms with Crippen LogP contribution < -0.4 is 0 Å². The fraction of sp³-hybridized carbons (Fsp3) is 0.600. The monoisotopic (exact) mass is 270 g/mol. The molecule has 1 unspecified atom stereocenters. The fourth-order valence-corrected chi connectivity index (χ4v) is 1.50. The Morgan fingerprint density at radius 2 is 1.84 bits per heavy atom. The lowest BCUT2D eigenvalue weighted by molar-refractivity contribution is -0.136. The normalized spacial score (nSPS) is 10.8. The van der Waals surface area contributed by atoms with E-state index in [4.69, 9.17) is 10.2 Å². The van der Waals surface area contributed by atoms with E-state index in [0.717, 1.165) is 12.8 Å². The Morgan fingerprint density at radius 1 is 1.26 bits per heavy atom. The molecule has 2 N–H and O–H groups in total. The van der Waals surface area contributed by atoms with Crippen LogP contribution in [0.15, 0.2) is 24.8 Å². The van der Waals surface area contributed by atoms with Crippen molar-refractivity contribution in [2.24, 2.45) is 5.92 Å². The topological polar surface area (TPSA) is 74.6 Å². The minimum absolute atomic E-state index is 0.0556. The first-order valence-corrected chi connectivity index (χ1v) is 6.62. The third kappa shape index (κ3) is 14.4. The van der Waals surface area contributed by atoms with Crippen molar-refractivity contribution in [1.29, 1.82) is 0 Å². The van der Waals surface area contributed by atoms with Crippen molar-refractivity contribution >= 4 is 11.9 Å². The first kappa shape index (κ1) is 19.8. The molecule has 0 saturated carbocycles. The highest BCUT2D eigenvalue weighted by molar-refractivity contribution is 5.85. The van der Waals surface area contributed by atoms with Crippen molar-refractivity contribution in [2.75, 3.05) is 0 Å². The Bertz CT molecular complexity index is 295. The predicted octanol–water partition coefficient (Wildman–Crippen LogP) is 3.88. The number of carbonyl (C=O) groups is 2. The molecule has 110 valence electrons. The highest BCUT2D eigenvalue weighted by Crippen LogP contribution is 2.20. The van der Waals surface area contributed by atoms with Crippen LogP contribution in [0.2, 0.25) is 0 Å². The molecule has 0 aliphatic heterocycles. The SMILES string of the molecule is C=C(CC(CC)CCCC)C(=O)O.C=CCC(=O)O. The van der Waals surface area contributed by atoms with Gasteiger partial charge >= 0.3 is 11.9 Å². The standard InChI is InChI=1S/C11H20O2.C4H6O2/c1-4-6-7-10(5-2)8-9(3)11(12)13;1-2-3-4(5)6/h10H,3-8H2,1-2H3,(H,12,13);2H,1,3H2,(H,5,6). The quantitative estimate of drug-likeness (QED) is 0.492. The van der Waals surface area contributed by atoms with Gasteiger partial charge in [0.25, 0.3) is 0 Å². The molecular formula is C15H26O4. The van der Waals surface area contributed by atoms with Gasteiger partial charge in [0.15, 0.2) is 0 Å². The molecule has 0 spiro atoms. The van der Waals surface area contributed by atoms with Crippen molar-refractivity contribution in [3.63, 3.8) is 0 Å². The molecule has 0 amide bonds. The second-order valence-corrected chi connectivity index (χ2v) is 4.42. The Morgan fingerprint density at radius 3 is 2.11 bits per heavy atom. The Hall–Kier alpha value is -1.58. The second-order valence-electron chi connectivity index (χ2n) is 4.42. The van der Waals surface area contributed by atoms with E-state index < -0.39 is 11.9 Å². The van der Waals surface area contributed by atoms with E-state index in [9.17, 15) is 9.59 Å². The van der Waals surface area contributed by atoms with E-state index in [1.807, 2.05) is 0 Å². The molecule has 0 aromatic carbocycles. The molecule has 0 aromatic rings. The highest BCUT2D eigenvalue weighted by Gasteiger charge is 2.11. The van der Waals surface area contributed by atoms with Gasteiger partial charge in [-0.25, -0.2) is 4.79 Å². The predicted molar refractivity (Wildman–Crippen MR) is 77.1 cm³/mol. The van der Waals surface area contributed by atoms with E-state index in [-0.39, 0.29) is 6.42 Å². The average molecular weight is 270 g/mol. The maximum Gasteiger partial charge on any atom is 0.330 e. The molecule has 0 aliphatic carbocycles. The van der Waals surface area contributed by atoms with Gasteiger partial charge in [0, 0.05) is 5.57 Å². The zero-order valence-electron chi connectivity index (χ0n) is 12.0. The van der Waals surface area contributed by atoms with Gasteiger partial charge in [-0.15, -0.1) is 6.58 Å². The number of carboxylic acids is 2. The number of rotatable bonds is 9. The van der Waals surface area contributed by atoms with Gasteiger partial charge in [0.05, 0.1) is 6.42 Å². The zero-order chi connectivity index (χ0) is 15.3. The lowest BCUT2D eigenvalue weighted by Crippen LogP contribution is -2.06. The highest BCUT2D eigenvalue weighted by atomic mass is 16.4. The maximum atomic E-state index is 10.5. The molecule has 4 nitrogen and oxygen atoms in total. The lowest BCUT2D eigenvalue weighted by atomic mass is 9.92. The van der Waals surface area contributed by atoms with Crippen molar-refractivity contribution in [3.05, 3.63) is 24.8 Å². The van der Waals surface area contributed by atoms with Crippen LogP contribution in [0.4, 0.5) is 0 Å². The van der Waals surface area contributed by atoms with Gasteiger partial charge in [-0.3, -0.25) is 4.79 Å². The van der Waals surface area contributed by atoms with Crippen molar-refractivity contribution < 1.29 is 19.8 Å². The Kier molecular flexibility index (Phi) is 13.4. The van der Waals surface area contributed by atoms with Crippen LogP contribution in [0.25, 0.3) is 0 Å². The Balaban J connectivity index is 0. The first-order valence-electron chi connectivity index (χ1n) is 6.62. The molecule has 0 fully saturated rings. The number of aliphatic carboxylic acids is 2. The third-order valence-electron chi connectivity index (χ3n) is 2.70. The van der Waals surface area contributed by atoms with Gasteiger partial charge in [-0.05, 0) is 12.3 Å². The van der Waals surface area contributed by atoms with Crippen LogP contribution in [0.5, 0.6) is 0 Å². The summed E-state index contributed by atoms with van der Waals surface area (Å²) in [6.45, 7) is 11.0. The molecule has 0 bridgehead atoms. The van der Waals surface area contributed by atoms with E-state index in [2.05, 4.69) is 27.0 Å². The summed E-state index contributed by atoms with van der Waals surface area (Å²) >= 11 is 0. The average Bonchev–Trinajstić information content (AvgIpc) is 2.34. The minimum Gasteiger partial charge on any atom is -0.481 e. The number of hydrogen-bond donors (Lipinski definition) is 2. The molecule has 4 heteroatoms. The van der Waals surface area contributed by atoms with E-state index in [1.165, 1.54) is 18.9 Å². The molecule has 0 rings (SSSR count).